The molecule has 0 aromatic heterocycles. The van der Waals surface area contributed by atoms with E-state index in [4.69, 9.17) is 5.11 Å². The maximum absolute atomic E-state index is 11.4. The average molecular weight is 273 g/mol. The molecule has 0 aliphatic heterocycles. The average Bonchev–Trinajstić information content (AvgIpc) is 2.23. The van der Waals surface area contributed by atoms with Crippen molar-refractivity contribution in [3.8, 4) is 0 Å². The molecule has 5 heteroatoms. The molecule has 112 valence electrons. The predicted molar refractivity (Wildman–Crippen MR) is 74.1 cm³/mol. The van der Waals surface area contributed by atoms with Crippen molar-refractivity contribution in [3.63, 3.8) is 0 Å². The Morgan fingerprint density at radius 1 is 0.895 bits per heavy atom. The zero-order chi connectivity index (χ0) is 15.2. The second kappa shape index (κ2) is 8.15. The van der Waals surface area contributed by atoms with E-state index < -0.39 is 23.9 Å². The van der Waals surface area contributed by atoms with Gasteiger partial charge in [-0.1, -0.05) is 34.6 Å². The Hall–Kier alpha value is -1.10. The van der Waals surface area contributed by atoms with Gasteiger partial charge in [-0.3, -0.25) is 14.5 Å². The zero-order valence-corrected chi connectivity index (χ0v) is 12.6. The number of hydrogen-bond acceptors (Lipinski definition) is 3. The molecule has 0 aliphatic rings. The molecule has 0 spiro atoms. The Morgan fingerprint density at radius 2 is 1.42 bits per heavy atom. The van der Waals surface area contributed by atoms with Gasteiger partial charge in [-0.25, -0.2) is 0 Å². The van der Waals surface area contributed by atoms with E-state index in [2.05, 4.69) is 0 Å². The lowest BCUT2D eigenvalue weighted by atomic mass is 9.99. The quantitative estimate of drug-likeness (QED) is 0.673. The third-order valence-corrected chi connectivity index (χ3v) is 2.95. The SMILES string of the molecule is CC(C)CC(C(=O)O)N(CC(C)C)CC(C)C(=O)O. The first-order chi connectivity index (χ1) is 8.65. The highest BCUT2D eigenvalue weighted by molar-refractivity contribution is 5.74. The standard InChI is InChI=1S/C14H27NO4/c1-9(2)6-12(14(18)19)15(7-10(3)4)8-11(5)13(16)17/h9-12H,6-8H2,1-5H3,(H,16,17)(H,18,19). The summed E-state index contributed by atoms with van der Waals surface area (Å²) in [6.45, 7) is 10.5. The van der Waals surface area contributed by atoms with E-state index in [9.17, 15) is 14.7 Å². The van der Waals surface area contributed by atoms with Gasteiger partial charge in [0.25, 0.3) is 0 Å². The summed E-state index contributed by atoms with van der Waals surface area (Å²) >= 11 is 0. The minimum atomic E-state index is -0.887. The monoisotopic (exact) mass is 273 g/mol. The molecule has 0 aromatic carbocycles. The summed E-state index contributed by atoms with van der Waals surface area (Å²) in [6.07, 6.45) is 0.536. The van der Waals surface area contributed by atoms with Gasteiger partial charge < -0.3 is 10.2 Å². The van der Waals surface area contributed by atoms with Crippen LogP contribution < -0.4 is 0 Å². The molecule has 0 heterocycles. The first-order valence-electron chi connectivity index (χ1n) is 6.84. The summed E-state index contributed by atoms with van der Waals surface area (Å²) < 4.78 is 0. The van der Waals surface area contributed by atoms with Gasteiger partial charge in [0, 0.05) is 13.1 Å². The van der Waals surface area contributed by atoms with E-state index in [1.54, 1.807) is 11.8 Å². The maximum Gasteiger partial charge on any atom is 0.320 e. The van der Waals surface area contributed by atoms with E-state index in [1.165, 1.54) is 0 Å². The number of aliphatic carboxylic acids is 2. The van der Waals surface area contributed by atoms with Crippen LogP contribution in [-0.2, 0) is 9.59 Å². The van der Waals surface area contributed by atoms with Crippen LogP contribution in [0.1, 0.15) is 41.0 Å². The van der Waals surface area contributed by atoms with E-state index in [-0.39, 0.29) is 12.5 Å². The first kappa shape index (κ1) is 17.9. The number of carboxylic acid groups (broad SMARTS) is 2. The highest BCUT2D eigenvalue weighted by Crippen LogP contribution is 2.16. The minimum Gasteiger partial charge on any atom is -0.481 e. The van der Waals surface area contributed by atoms with E-state index in [1.807, 2.05) is 27.7 Å². The van der Waals surface area contributed by atoms with Crippen LogP contribution in [0.2, 0.25) is 0 Å². The van der Waals surface area contributed by atoms with Crippen LogP contribution in [0.15, 0.2) is 0 Å². The zero-order valence-electron chi connectivity index (χ0n) is 12.6. The Balaban J connectivity index is 4.95. The van der Waals surface area contributed by atoms with Crippen molar-refractivity contribution >= 4 is 11.9 Å². The summed E-state index contributed by atoms with van der Waals surface area (Å²) in [5.74, 6) is -1.76. The molecule has 2 atom stereocenters. The summed E-state index contributed by atoms with van der Waals surface area (Å²) in [5.41, 5.74) is 0. The van der Waals surface area contributed by atoms with Crippen molar-refractivity contribution in [1.29, 1.82) is 0 Å². The lowest BCUT2D eigenvalue weighted by molar-refractivity contribution is -0.148. The summed E-state index contributed by atoms with van der Waals surface area (Å²) in [5, 5.41) is 18.4. The third kappa shape index (κ3) is 7.15. The Morgan fingerprint density at radius 3 is 1.74 bits per heavy atom. The van der Waals surface area contributed by atoms with Gasteiger partial charge >= 0.3 is 11.9 Å². The van der Waals surface area contributed by atoms with Gasteiger partial charge in [0.1, 0.15) is 6.04 Å². The van der Waals surface area contributed by atoms with Crippen LogP contribution in [0.3, 0.4) is 0 Å². The summed E-state index contributed by atoms with van der Waals surface area (Å²) in [7, 11) is 0. The first-order valence-corrected chi connectivity index (χ1v) is 6.84. The highest BCUT2D eigenvalue weighted by atomic mass is 16.4. The fourth-order valence-corrected chi connectivity index (χ4v) is 2.08. The van der Waals surface area contributed by atoms with Gasteiger partial charge in [-0.15, -0.1) is 0 Å². The molecule has 0 saturated carbocycles. The van der Waals surface area contributed by atoms with Crippen LogP contribution in [0, 0.1) is 17.8 Å². The summed E-state index contributed by atoms with van der Waals surface area (Å²) in [6, 6.07) is -0.607. The Labute approximate surface area is 115 Å². The lowest BCUT2D eigenvalue weighted by Crippen LogP contribution is -2.46. The predicted octanol–water partition coefficient (Wildman–Crippen LogP) is 2.16. The molecule has 2 N–H and O–H groups in total. The fourth-order valence-electron chi connectivity index (χ4n) is 2.08. The van der Waals surface area contributed by atoms with Gasteiger partial charge in [-0.05, 0) is 18.3 Å². The second-order valence-corrected chi connectivity index (χ2v) is 6.07. The van der Waals surface area contributed by atoms with E-state index in [0.29, 0.717) is 18.9 Å². The van der Waals surface area contributed by atoms with Crippen LogP contribution in [-0.4, -0.2) is 46.2 Å². The normalized spacial score (nSPS) is 14.9. The van der Waals surface area contributed by atoms with Crippen LogP contribution in [0.25, 0.3) is 0 Å². The molecule has 0 radical (unpaired) electrons. The molecular formula is C14H27NO4. The van der Waals surface area contributed by atoms with Gasteiger partial charge in [0.2, 0.25) is 0 Å². The highest BCUT2D eigenvalue weighted by Gasteiger charge is 2.29. The van der Waals surface area contributed by atoms with Gasteiger partial charge in [-0.2, -0.15) is 0 Å². The van der Waals surface area contributed by atoms with Gasteiger partial charge in [0.05, 0.1) is 5.92 Å². The van der Waals surface area contributed by atoms with Crippen molar-refractivity contribution in [1.82, 2.24) is 4.90 Å². The molecule has 5 nitrogen and oxygen atoms in total. The third-order valence-electron chi connectivity index (χ3n) is 2.95. The second-order valence-electron chi connectivity index (χ2n) is 6.07. The van der Waals surface area contributed by atoms with Crippen molar-refractivity contribution < 1.29 is 19.8 Å². The van der Waals surface area contributed by atoms with Crippen molar-refractivity contribution in [3.05, 3.63) is 0 Å². The van der Waals surface area contributed by atoms with Crippen LogP contribution in [0.4, 0.5) is 0 Å². The molecule has 0 bridgehead atoms. The number of carbonyl (C=O) groups is 2. The molecule has 0 rings (SSSR count). The molecule has 0 aromatic rings. The van der Waals surface area contributed by atoms with Gasteiger partial charge in [0.15, 0.2) is 0 Å². The van der Waals surface area contributed by atoms with Crippen molar-refractivity contribution in [2.24, 2.45) is 17.8 Å². The van der Waals surface area contributed by atoms with Crippen molar-refractivity contribution in [2.45, 2.75) is 47.1 Å². The van der Waals surface area contributed by atoms with Crippen molar-refractivity contribution in [2.75, 3.05) is 13.1 Å². The topological polar surface area (TPSA) is 77.8 Å². The molecular weight excluding hydrogens is 246 g/mol. The molecule has 0 saturated heterocycles. The van der Waals surface area contributed by atoms with Crippen LogP contribution in [0.5, 0.6) is 0 Å². The lowest BCUT2D eigenvalue weighted by Gasteiger charge is -2.32. The Bertz CT molecular complexity index is 302. The minimum absolute atomic E-state index is 0.260. The summed E-state index contributed by atoms with van der Waals surface area (Å²) in [4.78, 5) is 24.2. The Kier molecular flexibility index (Phi) is 7.68. The molecule has 0 fully saturated rings. The number of carboxylic acids is 2. The number of hydrogen-bond donors (Lipinski definition) is 2. The smallest absolute Gasteiger partial charge is 0.320 e. The number of nitrogens with zero attached hydrogens (tertiary/aromatic N) is 1. The molecule has 0 amide bonds. The van der Waals surface area contributed by atoms with Crippen LogP contribution >= 0.6 is 0 Å². The molecule has 0 aliphatic carbocycles. The maximum atomic E-state index is 11.4. The molecule has 2 unspecified atom stereocenters. The van der Waals surface area contributed by atoms with E-state index in [0.717, 1.165) is 0 Å². The fraction of sp³-hybridized carbons (Fsp3) is 0.857. The number of rotatable bonds is 9. The molecule has 19 heavy (non-hydrogen) atoms. The largest absolute Gasteiger partial charge is 0.481 e. The van der Waals surface area contributed by atoms with E-state index >= 15 is 0 Å².